The Balaban J connectivity index is 4.47. The lowest BCUT2D eigenvalue weighted by atomic mass is 10.1. The number of hydrogen-bond donors (Lipinski definition) is 3. The van der Waals surface area contributed by atoms with Gasteiger partial charge in [-0.05, 0) is 33.9 Å². The van der Waals surface area contributed by atoms with Crippen LogP contribution >= 0.6 is 0 Å². The minimum Gasteiger partial charge on any atom is -0.478 e. The molecule has 0 aromatic heterocycles. The molecule has 0 saturated heterocycles. The van der Waals surface area contributed by atoms with E-state index in [0.29, 0.717) is 6.54 Å². The van der Waals surface area contributed by atoms with E-state index in [2.05, 4.69) is 15.5 Å². The Morgan fingerprint density at radius 1 is 1.10 bits per heavy atom. The number of imide groups is 1. The molecule has 0 aliphatic carbocycles. The summed E-state index contributed by atoms with van der Waals surface area (Å²) < 4.78 is 0. The molecule has 3 N–H and O–H groups in total. The van der Waals surface area contributed by atoms with Gasteiger partial charge < -0.3 is 15.3 Å². The van der Waals surface area contributed by atoms with Crippen LogP contribution in [-0.4, -0.2) is 53.6 Å². The standard InChI is InChI=1S/C14H25N3O4/c1-6-17(7-2)8-9(3)15-14(21)16-12(18)10(4)11(5)13(19)20/h9H,6-8H2,1-5H3,(H,19,20)(H2,15,16,18,21). The number of carboxylic acids is 1. The number of nitrogens with one attached hydrogen (secondary N) is 2. The second kappa shape index (κ2) is 9.12. The zero-order valence-corrected chi connectivity index (χ0v) is 13.3. The van der Waals surface area contributed by atoms with Crippen molar-refractivity contribution in [3.63, 3.8) is 0 Å². The first-order valence-electron chi connectivity index (χ1n) is 6.97. The van der Waals surface area contributed by atoms with Crippen molar-refractivity contribution in [3.05, 3.63) is 11.1 Å². The predicted octanol–water partition coefficient (Wildman–Crippen LogP) is 0.964. The fourth-order valence-electron chi connectivity index (χ4n) is 1.70. The van der Waals surface area contributed by atoms with Crippen LogP contribution in [0.5, 0.6) is 0 Å². The molecule has 0 aromatic rings. The van der Waals surface area contributed by atoms with Crippen LogP contribution in [0.3, 0.4) is 0 Å². The van der Waals surface area contributed by atoms with E-state index in [-0.39, 0.29) is 17.2 Å². The number of aliphatic carboxylic acids is 1. The van der Waals surface area contributed by atoms with Crippen LogP contribution in [-0.2, 0) is 9.59 Å². The fourth-order valence-corrected chi connectivity index (χ4v) is 1.70. The van der Waals surface area contributed by atoms with Crippen molar-refractivity contribution in [2.75, 3.05) is 19.6 Å². The third kappa shape index (κ3) is 6.89. The zero-order valence-electron chi connectivity index (χ0n) is 13.3. The van der Waals surface area contributed by atoms with E-state index in [1.165, 1.54) is 13.8 Å². The zero-order chi connectivity index (χ0) is 16.6. The number of carbonyl (C=O) groups is 3. The van der Waals surface area contributed by atoms with Gasteiger partial charge in [0.1, 0.15) is 0 Å². The lowest BCUT2D eigenvalue weighted by molar-refractivity contribution is -0.133. The van der Waals surface area contributed by atoms with Gasteiger partial charge in [0.05, 0.1) is 0 Å². The van der Waals surface area contributed by atoms with Crippen molar-refractivity contribution >= 4 is 17.9 Å². The number of rotatable bonds is 7. The molecule has 0 rings (SSSR count). The van der Waals surface area contributed by atoms with Crippen LogP contribution in [0.1, 0.15) is 34.6 Å². The van der Waals surface area contributed by atoms with Crippen LogP contribution in [0.2, 0.25) is 0 Å². The molecule has 0 aromatic carbocycles. The van der Waals surface area contributed by atoms with Crippen molar-refractivity contribution in [3.8, 4) is 0 Å². The van der Waals surface area contributed by atoms with Gasteiger partial charge in [-0.3, -0.25) is 10.1 Å². The first-order valence-corrected chi connectivity index (χ1v) is 6.97. The van der Waals surface area contributed by atoms with Gasteiger partial charge >= 0.3 is 12.0 Å². The summed E-state index contributed by atoms with van der Waals surface area (Å²) in [5.41, 5.74) is -0.0782. The molecule has 120 valence electrons. The Morgan fingerprint density at radius 2 is 1.62 bits per heavy atom. The quantitative estimate of drug-likeness (QED) is 0.608. The van der Waals surface area contributed by atoms with Crippen LogP contribution in [0.4, 0.5) is 4.79 Å². The normalized spacial score (nSPS) is 13.4. The molecule has 7 heteroatoms. The van der Waals surface area contributed by atoms with Gasteiger partial charge in [-0.2, -0.15) is 0 Å². The summed E-state index contributed by atoms with van der Waals surface area (Å²) in [5, 5.41) is 13.6. The summed E-state index contributed by atoms with van der Waals surface area (Å²) in [6, 6.07) is -0.750. The molecular formula is C14H25N3O4. The minimum atomic E-state index is -1.18. The van der Waals surface area contributed by atoms with Gasteiger partial charge in [-0.15, -0.1) is 0 Å². The lowest BCUT2D eigenvalue weighted by Gasteiger charge is -2.23. The van der Waals surface area contributed by atoms with Gasteiger partial charge in [-0.25, -0.2) is 9.59 Å². The van der Waals surface area contributed by atoms with Crippen molar-refractivity contribution in [2.24, 2.45) is 0 Å². The molecule has 0 aliphatic heterocycles. The molecular weight excluding hydrogens is 274 g/mol. The topological polar surface area (TPSA) is 98.7 Å². The fraction of sp³-hybridized carbons (Fsp3) is 0.643. The van der Waals surface area contributed by atoms with E-state index >= 15 is 0 Å². The van der Waals surface area contributed by atoms with Gasteiger partial charge in [-0.1, -0.05) is 13.8 Å². The summed E-state index contributed by atoms with van der Waals surface area (Å²) in [6.07, 6.45) is 0. The average Bonchev–Trinajstić information content (AvgIpc) is 2.42. The molecule has 0 heterocycles. The van der Waals surface area contributed by atoms with E-state index in [0.717, 1.165) is 13.1 Å². The maximum absolute atomic E-state index is 11.7. The number of amides is 3. The molecule has 0 aliphatic rings. The van der Waals surface area contributed by atoms with Crippen LogP contribution in [0, 0.1) is 0 Å². The molecule has 0 bridgehead atoms. The predicted molar refractivity (Wildman–Crippen MR) is 79.9 cm³/mol. The highest BCUT2D eigenvalue weighted by molar-refractivity contribution is 6.07. The summed E-state index contributed by atoms with van der Waals surface area (Å²) in [6.45, 7) is 11.0. The average molecular weight is 299 g/mol. The molecule has 1 unspecified atom stereocenters. The van der Waals surface area contributed by atoms with Crippen LogP contribution in [0.15, 0.2) is 11.1 Å². The molecule has 0 radical (unpaired) electrons. The monoisotopic (exact) mass is 299 g/mol. The molecule has 21 heavy (non-hydrogen) atoms. The number of likely N-dealkylation sites (N-methyl/N-ethyl adjacent to an activating group) is 1. The van der Waals surface area contributed by atoms with Crippen molar-refractivity contribution in [1.29, 1.82) is 0 Å². The Labute approximate surface area is 125 Å². The van der Waals surface area contributed by atoms with E-state index in [4.69, 9.17) is 5.11 Å². The molecule has 0 fully saturated rings. The second-order valence-electron chi connectivity index (χ2n) is 4.87. The molecule has 0 spiro atoms. The number of hydrogen-bond acceptors (Lipinski definition) is 4. The molecule has 7 nitrogen and oxygen atoms in total. The minimum absolute atomic E-state index is 0.00838. The highest BCUT2D eigenvalue weighted by Gasteiger charge is 2.16. The largest absolute Gasteiger partial charge is 0.478 e. The maximum Gasteiger partial charge on any atom is 0.331 e. The first-order chi connectivity index (χ1) is 9.72. The maximum atomic E-state index is 11.7. The van der Waals surface area contributed by atoms with Gasteiger partial charge in [0.15, 0.2) is 0 Å². The summed E-state index contributed by atoms with van der Waals surface area (Å²) in [7, 11) is 0. The summed E-state index contributed by atoms with van der Waals surface area (Å²) >= 11 is 0. The Morgan fingerprint density at radius 3 is 2.05 bits per heavy atom. The van der Waals surface area contributed by atoms with Gasteiger partial charge in [0.2, 0.25) is 0 Å². The van der Waals surface area contributed by atoms with Gasteiger partial charge in [0, 0.05) is 23.7 Å². The second-order valence-corrected chi connectivity index (χ2v) is 4.87. The van der Waals surface area contributed by atoms with Crippen molar-refractivity contribution in [2.45, 2.75) is 40.7 Å². The molecule has 0 saturated carbocycles. The highest BCUT2D eigenvalue weighted by atomic mass is 16.4. The first kappa shape index (κ1) is 19.1. The Bertz CT molecular complexity index is 428. The van der Waals surface area contributed by atoms with E-state index in [1.54, 1.807) is 0 Å². The van der Waals surface area contributed by atoms with Gasteiger partial charge in [0.25, 0.3) is 5.91 Å². The van der Waals surface area contributed by atoms with Crippen LogP contribution in [0.25, 0.3) is 0 Å². The summed E-state index contributed by atoms with van der Waals surface area (Å²) in [4.78, 5) is 36.3. The lowest BCUT2D eigenvalue weighted by Crippen LogP contribution is -2.48. The third-order valence-electron chi connectivity index (χ3n) is 3.25. The highest BCUT2D eigenvalue weighted by Crippen LogP contribution is 2.03. The molecule has 1 atom stereocenters. The smallest absolute Gasteiger partial charge is 0.331 e. The van der Waals surface area contributed by atoms with Crippen molar-refractivity contribution < 1.29 is 19.5 Å². The SMILES string of the molecule is CCN(CC)CC(C)NC(=O)NC(=O)C(C)=C(C)C(=O)O. The Kier molecular flexibility index (Phi) is 8.30. The van der Waals surface area contributed by atoms with Crippen LogP contribution < -0.4 is 10.6 Å². The number of nitrogens with zero attached hydrogens (tertiary/aromatic N) is 1. The molecule has 3 amide bonds. The third-order valence-corrected chi connectivity index (χ3v) is 3.25. The van der Waals surface area contributed by atoms with Crippen molar-refractivity contribution in [1.82, 2.24) is 15.5 Å². The number of carbonyl (C=O) groups excluding carboxylic acids is 2. The number of urea groups is 1. The Hall–Kier alpha value is -1.89. The van der Waals surface area contributed by atoms with E-state index < -0.39 is 17.9 Å². The summed E-state index contributed by atoms with van der Waals surface area (Å²) in [5.74, 6) is -1.89. The van der Waals surface area contributed by atoms with E-state index in [9.17, 15) is 14.4 Å². The number of carboxylic acid groups (broad SMARTS) is 1. The van der Waals surface area contributed by atoms with E-state index in [1.807, 2.05) is 20.8 Å².